The van der Waals surface area contributed by atoms with Crippen molar-refractivity contribution in [2.45, 2.75) is 39.2 Å². The van der Waals surface area contributed by atoms with Gasteiger partial charge in [0, 0.05) is 17.0 Å². The van der Waals surface area contributed by atoms with Gasteiger partial charge in [0.25, 0.3) is 5.56 Å². The predicted octanol–water partition coefficient (Wildman–Crippen LogP) is 4.16. The van der Waals surface area contributed by atoms with Crippen molar-refractivity contribution in [3.63, 3.8) is 0 Å². The van der Waals surface area contributed by atoms with Gasteiger partial charge in [-0.1, -0.05) is 44.0 Å². The number of hydrogen-bond acceptors (Lipinski definition) is 2. The van der Waals surface area contributed by atoms with Crippen LogP contribution >= 0.6 is 0 Å². The van der Waals surface area contributed by atoms with E-state index in [-0.39, 0.29) is 5.56 Å². The molecular weight excluding hydrogens is 284 g/mol. The maximum atomic E-state index is 12.2. The van der Waals surface area contributed by atoms with Crippen molar-refractivity contribution in [3.8, 4) is 11.4 Å². The topological polar surface area (TPSA) is 34.9 Å². The van der Waals surface area contributed by atoms with Crippen LogP contribution in [0.25, 0.3) is 22.3 Å². The summed E-state index contributed by atoms with van der Waals surface area (Å²) in [7, 11) is 0. The Hall–Kier alpha value is -2.42. The van der Waals surface area contributed by atoms with Gasteiger partial charge >= 0.3 is 0 Å². The number of hydrogen-bond donors (Lipinski definition) is 0. The largest absolute Gasteiger partial charge is 0.302 e. The summed E-state index contributed by atoms with van der Waals surface area (Å²) in [6.45, 7) is 2.88. The molecule has 0 saturated carbocycles. The van der Waals surface area contributed by atoms with Crippen LogP contribution < -0.4 is 5.56 Å². The van der Waals surface area contributed by atoms with E-state index in [0.717, 1.165) is 23.3 Å². The van der Waals surface area contributed by atoms with Gasteiger partial charge in [-0.25, -0.2) is 4.98 Å². The molecule has 0 bridgehead atoms. The van der Waals surface area contributed by atoms with E-state index < -0.39 is 0 Å². The standard InChI is InChI=1S/C20H20N2O/c1-2-3-4-8-14-15-9-5-6-10-17(15)21-20-16(14)13-22-18(20)11-7-12-19(22)23/h5-7,9-12H,2-4,8,13H2,1H3. The second-order valence-corrected chi connectivity index (χ2v) is 6.23. The Morgan fingerprint density at radius 1 is 1.09 bits per heavy atom. The van der Waals surface area contributed by atoms with E-state index in [1.54, 1.807) is 6.07 Å². The Labute approximate surface area is 135 Å². The van der Waals surface area contributed by atoms with Crippen LogP contribution in [-0.2, 0) is 13.0 Å². The van der Waals surface area contributed by atoms with Crippen LogP contribution in [0.1, 0.15) is 37.3 Å². The van der Waals surface area contributed by atoms with E-state index in [9.17, 15) is 4.79 Å². The number of pyridine rings is 2. The zero-order valence-corrected chi connectivity index (χ0v) is 13.4. The second-order valence-electron chi connectivity index (χ2n) is 6.23. The maximum Gasteiger partial charge on any atom is 0.251 e. The fourth-order valence-corrected chi connectivity index (χ4v) is 3.59. The molecule has 1 aliphatic heterocycles. The van der Waals surface area contributed by atoms with E-state index >= 15 is 0 Å². The third kappa shape index (κ3) is 2.27. The molecule has 0 aliphatic carbocycles. The molecule has 3 nitrogen and oxygen atoms in total. The van der Waals surface area contributed by atoms with Crippen LogP contribution in [0.3, 0.4) is 0 Å². The third-order valence-corrected chi connectivity index (χ3v) is 4.75. The van der Waals surface area contributed by atoms with Crippen LogP contribution in [0.15, 0.2) is 47.3 Å². The van der Waals surface area contributed by atoms with Gasteiger partial charge in [0.05, 0.1) is 23.4 Å². The second kappa shape index (κ2) is 5.65. The van der Waals surface area contributed by atoms with Gasteiger partial charge in [-0.3, -0.25) is 4.79 Å². The lowest BCUT2D eigenvalue weighted by atomic mass is 9.96. The fraction of sp³-hybridized carbons (Fsp3) is 0.300. The molecule has 2 aromatic heterocycles. The first-order chi connectivity index (χ1) is 11.3. The summed E-state index contributed by atoms with van der Waals surface area (Å²) in [5.74, 6) is 0. The molecule has 0 radical (unpaired) electrons. The molecule has 0 spiro atoms. The van der Waals surface area contributed by atoms with Crippen LogP contribution in [0.5, 0.6) is 0 Å². The summed E-state index contributed by atoms with van der Waals surface area (Å²) in [4.78, 5) is 17.0. The minimum absolute atomic E-state index is 0.0593. The van der Waals surface area contributed by atoms with E-state index in [1.165, 1.54) is 35.8 Å². The molecule has 0 unspecified atom stereocenters. The smallest absolute Gasteiger partial charge is 0.251 e. The van der Waals surface area contributed by atoms with Crippen molar-refractivity contribution in [2.75, 3.05) is 0 Å². The van der Waals surface area contributed by atoms with Crippen molar-refractivity contribution in [1.82, 2.24) is 9.55 Å². The number of fused-ring (bicyclic) bond motifs is 4. The highest BCUT2D eigenvalue weighted by Gasteiger charge is 2.24. The third-order valence-electron chi connectivity index (χ3n) is 4.75. The molecule has 116 valence electrons. The number of rotatable bonds is 4. The zero-order chi connectivity index (χ0) is 15.8. The highest BCUT2D eigenvalue weighted by Crippen LogP contribution is 2.35. The molecule has 23 heavy (non-hydrogen) atoms. The van der Waals surface area contributed by atoms with Crippen molar-refractivity contribution < 1.29 is 0 Å². The number of aryl methyl sites for hydroxylation is 1. The average Bonchev–Trinajstić information content (AvgIpc) is 2.94. The molecule has 4 rings (SSSR count). The van der Waals surface area contributed by atoms with Crippen LogP contribution in [0.4, 0.5) is 0 Å². The van der Waals surface area contributed by atoms with Crippen molar-refractivity contribution >= 4 is 10.9 Å². The van der Waals surface area contributed by atoms with Crippen LogP contribution in [0.2, 0.25) is 0 Å². The van der Waals surface area contributed by atoms with E-state index in [2.05, 4.69) is 25.1 Å². The zero-order valence-electron chi connectivity index (χ0n) is 13.4. The number of nitrogens with zero attached hydrogens (tertiary/aromatic N) is 2. The van der Waals surface area contributed by atoms with Gasteiger partial charge in [-0.2, -0.15) is 0 Å². The molecule has 0 N–H and O–H groups in total. The Kier molecular flexibility index (Phi) is 3.49. The molecule has 3 aromatic rings. The summed E-state index contributed by atoms with van der Waals surface area (Å²) in [6.07, 6.45) is 4.69. The summed E-state index contributed by atoms with van der Waals surface area (Å²) in [5, 5.41) is 1.24. The fourth-order valence-electron chi connectivity index (χ4n) is 3.59. The number of benzene rings is 1. The molecular formula is C20H20N2O. The summed E-state index contributed by atoms with van der Waals surface area (Å²) >= 11 is 0. The van der Waals surface area contributed by atoms with Crippen LogP contribution in [0, 0.1) is 0 Å². The SMILES string of the molecule is CCCCCc1c2c(nc3ccccc13)-c1cccc(=O)n1C2. The Bertz CT molecular complexity index is 940. The van der Waals surface area contributed by atoms with Gasteiger partial charge in [-0.15, -0.1) is 0 Å². The molecule has 3 heteroatoms. The number of aromatic nitrogens is 2. The van der Waals surface area contributed by atoms with Crippen molar-refractivity contribution in [2.24, 2.45) is 0 Å². The highest BCUT2D eigenvalue weighted by atomic mass is 16.1. The maximum absolute atomic E-state index is 12.2. The highest BCUT2D eigenvalue weighted by molar-refractivity contribution is 5.87. The van der Waals surface area contributed by atoms with Gasteiger partial charge < -0.3 is 4.57 Å². The molecule has 3 heterocycles. The van der Waals surface area contributed by atoms with Gasteiger partial charge in [0.2, 0.25) is 0 Å². The number of para-hydroxylation sites is 1. The lowest BCUT2D eigenvalue weighted by Gasteiger charge is -2.11. The summed E-state index contributed by atoms with van der Waals surface area (Å²) in [5.41, 5.74) is 5.65. The summed E-state index contributed by atoms with van der Waals surface area (Å²) < 4.78 is 1.85. The van der Waals surface area contributed by atoms with Gasteiger partial charge in [-0.05, 0) is 30.5 Å². The Balaban J connectivity index is 1.94. The molecule has 0 saturated heterocycles. The van der Waals surface area contributed by atoms with E-state index in [0.29, 0.717) is 6.54 Å². The monoisotopic (exact) mass is 304 g/mol. The Morgan fingerprint density at radius 2 is 1.96 bits per heavy atom. The molecule has 1 aliphatic rings. The molecule has 1 aromatic carbocycles. The molecule has 0 fully saturated rings. The van der Waals surface area contributed by atoms with Crippen LogP contribution in [-0.4, -0.2) is 9.55 Å². The minimum Gasteiger partial charge on any atom is -0.302 e. The van der Waals surface area contributed by atoms with Gasteiger partial charge in [0.15, 0.2) is 0 Å². The Morgan fingerprint density at radius 3 is 2.83 bits per heavy atom. The average molecular weight is 304 g/mol. The minimum atomic E-state index is 0.0593. The lowest BCUT2D eigenvalue weighted by Crippen LogP contribution is -2.17. The van der Waals surface area contributed by atoms with Gasteiger partial charge in [0.1, 0.15) is 0 Å². The predicted molar refractivity (Wildman–Crippen MR) is 93.8 cm³/mol. The normalized spacial score (nSPS) is 12.4. The number of unbranched alkanes of at least 4 members (excludes halogenated alkanes) is 2. The molecule has 0 atom stereocenters. The van der Waals surface area contributed by atoms with E-state index in [4.69, 9.17) is 4.98 Å². The quantitative estimate of drug-likeness (QED) is 0.531. The first kappa shape index (κ1) is 14.2. The first-order valence-electron chi connectivity index (χ1n) is 8.40. The van der Waals surface area contributed by atoms with Crippen molar-refractivity contribution in [1.29, 1.82) is 0 Å². The first-order valence-corrected chi connectivity index (χ1v) is 8.40. The van der Waals surface area contributed by atoms with E-state index in [1.807, 2.05) is 22.8 Å². The van der Waals surface area contributed by atoms with Crippen molar-refractivity contribution in [3.05, 3.63) is 63.9 Å². The lowest BCUT2D eigenvalue weighted by molar-refractivity contribution is 0.711. The summed E-state index contributed by atoms with van der Waals surface area (Å²) in [6, 6.07) is 13.8. The molecule has 0 amide bonds.